The van der Waals surface area contributed by atoms with Crippen molar-refractivity contribution < 1.29 is 19.1 Å². The lowest BCUT2D eigenvalue weighted by Gasteiger charge is -2.33. The molecule has 2 aromatic rings. The Bertz CT molecular complexity index is 972. The highest BCUT2D eigenvalue weighted by Crippen LogP contribution is 2.37. The van der Waals surface area contributed by atoms with Gasteiger partial charge in [-0.05, 0) is 61.6 Å². The third-order valence-electron chi connectivity index (χ3n) is 6.69. The maximum Gasteiger partial charge on any atom is 0.263 e. The van der Waals surface area contributed by atoms with Crippen LogP contribution in [0.5, 0.6) is 11.5 Å². The lowest BCUT2D eigenvalue weighted by atomic mass is 9.95. The fraction of sp³-hybridized carbons (Fsp3) is 0.520. The molecule has 3 aliphatic rings. The van der Waals surface area contributed by atoms with E-state index in [1.807, 2.05) is 35.2 Å². The monoisotopic (exact) mass is 454 g/mol. The molecule has 6 nitrogen and oxygen atoms in total. The van der Waals surface area contributed by atoms with Crippen molar-refractivity contribution in [2.45, 2.75) is 38.5 Å². The predicted octanol–water partition coefficient (Wildman–Crippen LogP) is 4.44. The van der Waals surface area contributed by atoms with Gasteiger partial charge in [0.05, 0.1) is 4.88 Å². The zero-order valence-corrected chi connectivity index (χ0v) is 19.2. The van der Waals surface area contributed by atoms with E-state index in [4.69, 9.17) is 9.47 Å². The van der Waals surface area contributed by atoms with Crippen molar-refractivity contribution >= 4 is 23.2 Å². The third-order valence-corrected chi connectivity index (χ3v) is 7.81. The highest BCUT2D eigenvalue weighted by atomic mass is 32.1. The molecule has 170 valence electrons. The van der Waals surface area contributed by atoms with Crippen LogP contribution in [-0.2, 0) is 4.79 Å². The number of fused-ring (bicyclic) bond motifs is 1. The molecule has 0 radical (unpaired) electrons. The van der Waals surface area contributed by atoms with Gasteiger partial charge in [0, 0.05) is 37.0 Å². The number of ether oxygens (including phenoxy) is 2. The van der Waals surface area contributed by atoms with Crippen LogP contribution in [0.2, 0.25) is 0 Å². The van der Waals surface area contributed by atoms with Crippen molar-refractivity contribution in [3.05, 3.63) is 35.2 Å². The second-order valence-electron chi connectivity index (χ2n) is 8.83. The first kappa shape index (κ1) is 21.3. The van der Waals surface area contributed by atoms with Crippen molar-refractivity contribution in [3.8, 4) is 21.9 Å². The van der Waals surface area contributed by atoms with E-state index in [2.05, 4.69) is 4.90 Å². The number of benzene rings is 1. The molecule has 5 rings (SSSR count). The molecule has 2 fully saturated rings. The SMILES string of the molecule is O=C(c1ccc(-c2ccc3c(c2)OCCO3)s1)N1CCC(C(=O)N2CCCCCC2)CC1. The summed E-state index contributed by atoms with van der Waals surface area (Å²) in [6, 6.07) is 9.83. The maximum atomic E-state index is 13.1. The zero-order valence-electron chi connectivity index (χ0n) is 18.4. The zero-order chi connectivity index (χ0) is 21.9. The summed E-state index contributed by atoms with van der Waals surface area (Å²) >= 11 is 1.51. The van der Waals surface area contributed by atoms with Crippen molar-refractivity contribution in [1.82, 2.24) is 9.80 Å². The van der Waals surface area contributed by atoms with Crippen molar-refractivity contribution in [2.75, 3.05) is 39.4 Å². The molecule has 0 atom stereocenters. The first-order chi connectivity index (χ1) is 15.7. The second kappa shape index (κ2) is 9.53. The second-order valence-corrected chi connectivity index (χ2v) is 9.91. The summed E-state index contributed by atoms with van der Waals surface area (Å²) in [5.41, 5.74) is 1.03. The summed E-state index contributed by atoms with van der Waals surface area (Å²) in [4.78, 5) is 31.8. The van der Waals surface area contributed by atoms with E-state index in [0.29, 0.717) is 32.2 Å². The molecule has 4 heterocycles. The van der Waals surface area contributed by atoms with E-state index in [9.17, 15) is 9.59 Å². The number of hydrogen-bond acceptors (Lipinski definition) is 5. The van der Waals surface area contributed by atoms with E-state index < -0.39 is 0 Å². The van der Waals surface area contributed by atoms with Gasteiger partial charge < -0.3 is 19.3 Å². The molecule has 1 aromatic carbocycles. The summed E-state index contributed by atoms with van der Waals surface area (Å²) in [6.45, 7) is 4.23. The van der Waals surface area contributed by atoms with Crippen LogP contribution in [0.3, 0.4) is 0 Å². The number of carbonyl (C=O) groups excluding carboxylic acids is 2. The Balaban J connectivity index is 1.20. The van der Waals surface area contributed by atoms with Gasteiger partial charge in [0.1, 0.15) is 13.2 Å². The van der Waals surface area contributed by atoms with Gasteiger partial charge in [0.15, 0.2) is 11.5 Å². The summed E-state index contributed by atoms with van der Waals surface area (Å²) in [5, 5.41) is 0. The quantitative estimate of drug-likeness (QED) is 0.688. The molecule has 2 amide bonds. The first-order valence-corrected chi connectivity index (χ1v) is 12.6. The Kier molecular flexibility index (Phi) is 6.35. The van der Waals surface area contributed by atoms with Crippen LogP contribution in [0, 0.1) is 5.92 Å². The van der Waals surface area contributed by atoms with E-state index in [1.54, 1.807) is 0 Å². The standard InChI is InChI=1S/C25H30N2O4S/c28-24(26-11-3-1-2-4-12-26)18-9-13-27(14-10-18)25(29)23-8-7-22(32-23)19-5-6-20-21(17-19)31-16-15-30-20/h5-8,17-18H,1-4,9-16H2. The summed E-state index contributed by atoms with van der Waals surface area (Å²) in [7, 11) is 0. The maximum absolute atomic E-state index is 13.1. The topological polar surface area (TPSA) is 59.1 Å². The van der Waals surface area contributed by atoms with Crippen LogP contribution < -0.4 is 9.47 Å². The van der Waals surface area contributed by atoms with Crippen LogP contribution in [0.25, 0.3) is 10.4 Å². The molecule has 0 unspecified atom stereocenters. The minimum Gasteiger partial charge on any atom is -0.486 e. The fourth-order valence-corrected chi connectivity index (χ4v) is 5.81. The summed E-state index contributed by atoms with van der Waals surface area (Å²) in [6.07, 6.45) is 6.22. The van der Waals surface area contributed by atoms with Crippen LogP contribution in [-0.4, -0.2) is 61.0 Å². The number of likely N-dealkylation sites (tertiary alicyclic amines) is 2. The van der Waals surface area contributed by atoms with Crippen molar-refractivity contribution in [1.29, 1.82) is 0 Å². The third kappa shape index (κ3) is 4.49. The smallest absolute Gasteiger partial charge is 0.263 e. The number of amides is 2. The molecule has 2 saturated heterocycles. The lowest BCUT2D eigenvalue weighted by molar-refractivity contribution is -0.136. The van der Waals surface area contributed by atoms with Crippen molar-refractivity contribution in [3.63, 3.8) is 0 Å². The minimum atomic E-state index is 0.0637. The van der Waals surface area contributed by atoms with Gasteiger partial charge in [-0.15, -0.1) is 11.3 Å². The number of rotatable bonds is 3. The normalized spacial score (nSPS) is 19.5. The molecule has 3 aliphatic heterocycles. The number of hydrogen-bond donors (Lipinski definition) is 0. The Morgan fingerprint density at radius 3 is 2.28 bits per heavy atom. The summed E-state index contributed by atoms with van der Waals surface area (Å²) < 4.78 is 11.3. The van der Waals surface area contributed by atoms with E-state index in [1.165, 1.54) is 24.2 Å². The summed E-state index contributed by atoms with van der Waals surface area (Å²) in [5.74, 6) is 1.96. The Hall–Kier alpha value is -2.54. The molecule has 0 N–H and O–H groups in total. The van der Waals surface area contributed by atoms with Crippen LogP contribution in [0.1, 0.15) is 48.2 Å². The number of carbonyl (C=O) groups is 2. The van der Waals surface area contributed by atoms with E-state index in [-0.39, 0.29) is 11.8 Å². The van der Waals surface area contributed by atoms with Gasteiger partial charge in [0.25, 0.3) is 5.91 Å². The highest BCUT2D eigenvalue weighted by Gasteiger charge is 2.31. The fourth-order valence-electron chi connectivity index (χ4n) is 4.84. The molecule has 0 saturated carbocycles. The van der Waals surface area contributed by atoms with Crippen LogP contribution in [0.15, 0.2) is 30.3 Å². The number of piperidine rings is 1. The lowest BCUT2D eigenvalue weighted by Crippen LogP contribution is -2.44. The van der Waals surface area contributed by atoms with Gasteiger partial charge in [0.2, 0.25) is 5.91 Å². The van der Waals surface area contributed by atoms with Crippen molar-refractivity contribution in [2.24, 2.45) is 5.92 Å². The molecular weight excluding hydrogens is 424 g/mol. The van der Waals surface area contributed by atoms with Gasteiger partial charge in [-0.25, -0.2) is 0 Å². The highest BCUT2D eigenvalue weighted by molar-refractivity contribution is 7.17. The van der Waals surface area contributed by atoms with Gasteiger partial charge in [-0.1, -0.05) is 12.8 Å². The molecule has 0 aliphatic carbocycles. The molecule has 1 aromatic heterocycles. The van der Waals surface area contributed by atoms with Gasteiger partial charge >= 0.3 is 0 Å². The largest absolute Gasteiger partial charge is 0.486 e. The molecular formula is C25H30N2O4S. The van der Waals surface area contributed by atoms with Gasteiger partial charge in [-0.3, -0.25) is 9.59 Å². The Morgan fingerprint density at radius 2 is 1.53 bits per heavy atom. The Labute approximate surface area is 193 Å². The average Bonchev–Trinajstić information content (AvgIpc) is 3.18. The molecule has 32 heavy (non-hydrogen) atoms. The minimum absolute atomic E-state index is 0.0637. The van der Waals surface area contributed by atoms with Crippen LogP contribution >= 0.6 is 11.3 Å². The Morgan fingerprint density at radius 1 is 0.812 bits per heavy atom. The molecule has 0 spiro atoms. The van der Waals surface area contributed by atoms with Crippen LogP contribution in [0.4, 0.5) is 0 Å². The van der Waals surface area contributed by atoms with Gasteiger partial charge in [-0.2, -0.15) is 0 Å². The average molecular weight is 455 g/mol. The number of nitrogens with zero attached hydrogens (tertiary/aromatic N) is 2. The predicted molar refractivity (Wildman–Crippen MR) is 124 cm³/mol. The van der Waals surface area contributed by atoms with E-state index in [0.717, 1.165) is 65.6 Å². The molecule has 7 heteroatoms. The van der Waals surface area contributed by atoms with E-state index >= 15 is 0 Å². The number of thiophene rings is 1. The molecule has 0 bridgehead atoms. The first-order valence-electron chi connectivity index (χ1n) is 11.8.